The summed E-state index contributed by atoms with van der Waals surface area (Å²) >= 11 is 0. The van der Waals surface area contributed by atoms with Crippen LogP contribution >= 0.6 is 10.8 Å². The van der Waals surface area contributed by atoms with E-state index in [1.807, 2.05) is 19.1 Å². The van der Waals surface area contributed by atoms with E-state index in [4.69, 9.17) is 0 Å². The predicted molar refractivity (Wildman–Crippen MR) is 176 cm³/mol. The number of anilines is 2. The highest BCUT2D eigenvalue weighted by molar-refractivity contribution is 8.23. The van der Waals surface area contributed by atoms with Gasteiger partial charge in [0.25, 0.3) is 0 Å². The molecule has 1 heterocycles. The molecule has 0 saturated heterocycles. The molecule has 1 aliphatic heterocycles. The maximum Gasteiger partial charge on any atom is 0.422 e. The lowest BCUT2D eigenvalue weighted by Crippen LogP contribution is -2.43. The largest absolute Gasteiger partial charge is 0.506 e. The molecule has 12 nitrogen and oxygen atoms in total. The minimum absolute atomic E-state index is 0.122. The molecule has 0 radical (unpaired) electrons. The Bertz CT molecular complexity index is 1890. The number of benzene rings is 3. The Kier molecular flexibility index (Phi) is 8.09. The second-order valence-corrected chi connectivity index (χ2v) is 15.2. The Morgan fingerprint density at radius 1 is 1.07 bits per heavy atom. The molecule has 0 bridgehead atoms. The van der Waals surface area contributed by atoms with Crippen LogP contribution in [0.25, 0.3) is 5.76 Å². The van der Waals surface area contributed by atoms with Crippen molar-refractivity contribution in [2.75, 3.05) is 10.0 Å². The molecule has 1 unspecified atom stereocenters. The van der Waals surface area contributed by atoms with E-state index in [-0.39, 0.29) is 37.7 Å². The molecule has 6 rings (SSSR count). The maximum atomic E-state index is 14.3. The number of nitrogens with zero attached hydrogens (tertiary/aromatic N) is 2. The number of rotatable bonds is 8. The number of carbonyl (C=O) groups is 2. The first-order valence-electron chi connectivity index (χ1n) is 14.7. The van der Waals surface area contributed by atoms with E-state index in [2.05, 4.69) is 14.4 Å². The number of hydrogen-bond donors (Lipinski definition) is 6. The van der Waals surface area contributed by atoms with E-state index in [9.17, 15) is 37.3 Å². The first-order valence-corrected chi connectivity index (χ1v) is 17.7. The molecule has 0 spiro atoms. The van der Waals surface area contributed by atoms with Crippen LogP contribution in [0.1, 0.15) is 55.7 Å². The van der Waals surface area contributed by atoms with Crippen molar-refractivity contribution < 1.29 is 37.3 Å². The third kappa shape index (κ3) is 5.73. The van der Waals surface area contributed by atoms with Crippen molar-refractivity contribution in [3.8, 4) is 0 Å². The van der Waals surface area contributed by atoms with E-state index >= 15 is 0 Å². The molecule has 3 aromatic rings. The van der Waals surface area contributed by atoms with Gasteiger partial charge in [0.15, 0.2) is 11.6 Å². The molecule has 6 N–H and O–H groups in total. The van der Waals surface area contributed by atoms with Gasteiger partial charge in [0.1, 0.15) is 16.2 Å². The number of hydrogen-bond acceptors (Lipinski definition) is 9. The van der Waals surface area contributed by atoms with Crippen molar-refractivity contribution in [2.24, 2.45) is 10.3 Å². The summed E-state index contributed by atoms with van der Waals surface area (Å²) in [5.74, 6) is -0.601. The highest BCUT2D eigenvalue weighted by Crippen LogP contribution is 2.57. The molecule has 46 heavy (non-hydrogen) atoms. The average molecular weight is 667 g/mol. The van der Waals surface area contributed by atoms with Crippen molar-refractivity contribution in [1.29, 1.82) is 0 Å². The number of aliphatic hydroxyl groups is 1. The molecule has 1 saturated carbocycles. The molecule has 1 fully saturated rings. The predicted octanol–water partition coefficient (Wildman–Crippen LogP) is 6.76. The highest BCUT2D eigenvalue weighted by atomic mass is 32.3. The van der Waals surface area contributed by atoms with Gasteiger partial charge >= 0.3 is 16.3 Å². The number of nitrogens with one attached hydrogen (secondary N) is 2. The lowest BCUT2D eigenvalue weighted by molar-refractivity contribution is -0.120. The second kappa shape index (κ2) is 11.8. The van der Waals surface area contributed by atoms with E-state index in [0.717, 1.165) is 31.7 Å². The average Bonchev–Trinajstić information content (AvgIpc) is 3.52. The van der Waals surface area contributed by atoms with Crippen LogP contribution in [0.5, 0.6) is 0 Å². The van der Waals surface area contributed by atoms with Crippen molar-refractivity contribution in [2.45, 2.75) is 55.9 Å². The lowest BCUT2D eigenvalue weighted by Gasteiger charge is -2.39. The Hall–Kier alpha value is -4.37. The minimum Gasteiger partial charge on any atom is -0.506 e. The van der Waals surface area contributed by atoms with Crippen LogP contribution < -0.4 is 10.0 Å². The summed E-state index contributed by atoms with van der Waals surface area (Å²) in [5, 5.41) is 24.0. The van der Waals surface area contributed by atoms with Gasteiger partial charge in [-0.2, -0.15) is 12.7 Å². The zero-order chi connectivity index (χ0) is 32.9. The molecule has 14 heteroatoms. The van der Waals surface area contributed by atoms with E-state index in [1.54, 1.807) is 42.5 Å². The topological polar surface area (TPSA) is 189 Å². The normalized spacial score (nSPS) is 21.5. The summed E-state index contributed by atoms with van der Waals surface area (Å²) in [6.07, 6.45) is 3.06. The van der Waals surface area contributed by atoms with Crippen molar-refractivity contribution in [3.63, 3.8) is 0 Å². The quantitative estimate of drug-likeness (QED) is 0.151. The fourth-order valence-electron chi connectivity index (χ4n) is 6.58. The second-order valence-electron chi connectivity index (χ2n) is 12.0. The molecule has 0 aromatic heterocycles. The third-order valence-corrected chi connectivity index (χ3v) is 11.5. The smallest absolute Gasteiger partial charge is 0.422 e. The SMILES string of the molecule is CC1(CC2CCCC2)C(=O)C(C2=NS(O)(O)c3cc(NS(=O)(=O)N(Cc4ccccc4)C(=O)O)ccc3N2)=C(O)c2ccccc21. The first-order chi connectivity index (χ1) is 21.8. The van der Waals surface area contributed by atoms with Gasteiger partial charge in [-0.25, -0.2) is 4.79 Å². The molecule has 1 amide bonds. The van der Waals surface area contributed by atoms with Crippen LogP contribution in [0.2, 0.25) is 0 Å². The molecule has 3 aromatic carbocycles. The first kappa shape index (κ1) is 31.6. The van der Waals surface area contributed by atoms with Crippen molar-refractivity contribution in [1.82, 2.24) is 4.31 Å². The zero-order valence-electron chi connectivity index (χ0n) is 24.9. The van der Waals surface area contributed by atoms with Crippen LogP contribution in [-0.2, 0) is 27.0 Å². The Morgan fingerprint density at radius 2 is 1.74 bits per heavy atom. The van der Waals surface area contributed by atoms with Gasteiger partial charge in [0.2, 0.25) is 0 Å². The number of fused-ring (bicyclic) bond motifs is 2. The fourth-order valence-corrected chi connectivity index (χ4v) is 8.83. The third-order valence-electron chi connectivity index (χ3n) is 8.82. The summed E-state index contributed by atoms with van der Waals surface area (Å²) < 4.78 is 55.1. The summed E-state index contributed by atoms with van der Waals surface area (Å²) in [6, 6.07) is 19.1. The van der Waals surface area contributed by atoms with Gasteiger partial charge < -0.3 is 15.5 Å². The van der Waals surface area contributed by atoms with E-state index in [0.29, 0.717) is 29.0 Å². The zero-order valence-corrected chi connectivity index (χ0v) is 26.5. The lowest BCUT2D eigenvalue weighted by atomic mass is 9.65. The Balaban J connectivity index is 1.32. The number of Topliss-reactive ketones (excluding diaryl/α,β-unsaturated/α-hetero) is 1. The van der Waals surface area contributed by atoms with Gasteiger partial charge in [-0.05, 0) is 48.6 Å². The van der Waals surface area contributed by atoms with Gasteiger partial charge in [-0.15, -0.1) is 4.40 Å². The molecule has 242 valence electrons. The van der Waals surface area contributed by atoms with Gasteiger partial charge in [-0.3, -0.25) is 18.6 Å². The van der Waals surface area contributed by atoms with Crippen molar-refractivity contribution in [3.05, 3.63) is 95.1 Å². The van der Waals surface area contributed by atoms with Gasteiger partial charge in [0, 0.05) is 5.56 Å². The summed E-state index contributed by atoms with van der Waals surface area (Å²) in [6.45, 7) is 1.40. The fraction of sp³-hybridized carbons (Fsp3) is 0.281. The molecular weight excluding hydrogens is 633 g/mol. The van der Waals surface area contributed by atoms with E-state index in [1.165, 1.54) is 12.1 Å². The minimum atomic E-state index is -4.64. The Labute approximate surface area is 268 Å². The maximum absolute atomic E-state index is 14.3. The molecule has 2 aliphatic carbocycles. The molecule has 1 atom stereocenters. The molecule has 3 aliphatic rings. The van der Waals surface area contributed by atoms with Crippen LogP contribution in [0.3, 0.4) is 0 Å². The van der Waals surface area contributed by atoms with Crippen LogP contribution in [-0.4, -0.2) is 49.8 Å². The van der Waals surface area contributed by atoms with Gasteiger partial charge in [0.05, 0.1) is 23.3 Å². The number of carbonyl (C=O) groups excluding carboxylic acids is 1. The number of aliphatic hydroxyl groups excluding tert-OH is 1. The van der Waals surface area contributed by atoms with Gasteiger partial charge in [-0.1, -0.05) is 91.1 Å². The summed E-state index contributed by atoms with van der Waals surface area (Å²) in [7, 11) is -8.67. The summed E-state index contributed by atoms with van der Waals surface area (Å²) in [5.41, 5.74) is 0.441. The standard InChI is InChI=1S/C32H34N4O8S2/c1-32(18-20-9-5-6-10-20)24-14-8-7-13-23(24)28(37)27(29(32)38)30-33-25-16-15-22(17-26(25)45(41,42)35-30)34-46(43,44)36(31(39)40)19-21-11-3-2-4-12-21/h2-4,7-8,11-17,20,34,37,41-42H,5-6,9-10,18-19H2,1H3,(H,33,35)(H,39,40). The van der Waals surface area contributed by atoms with Crippen molar-refractivity contribution >= 4 is 55.8 Å². The highest BCUT2D eigenvalue weighted by Gasteiger charge is 2.48. The monoisotopic (exact) mass is 666 g/mol. The molecular formula is C32H34N4O8S2. The Morgan fingerprint density at radius 3 is 2.43 bits per heavy atom. The van der Waals surface area contributed by atoms with E-state index < -0.39 is 44.8 Å². The van der Waals surface area contributed by atoms with Crippen LogP contribution in [0.4, 0.5) is 16.2 Å². The number of carboxylic acid groups (broad SMARTS) is 1. The van der Waals surface area contributed by atoms with Crippen LogP contribution in [0, 0.1) is 5.92 Å². The summed E-state index contributed by atoms with van der Waals surface area (Å²) in [4.78, 5) is 26.0. The van der Waals surface area contributed by atoms with Crippen LogP contribution in [0.15, 0.2) is 87.7 Å². The number of ketones is 1. The number of amides is 1. The number of amidine groups is 1.